The third kappa shape index (κ3) is 2.76. The van der Waals surface area contributed by atoms with Crippen molar-refractivity contribution in [1.29, 1.82) is 0 Å². The Balaban J connectivity index is 1.91. The normalized spacial score (nSPS) is 10.8. The van der Waals surface area contributed by atoms with E-state index in [4.69, 9.17) is 16.0 Å². The first-order chi connectivity index (χ1) is 10.0. The number of benzene rings is 2. The van der Waals surface area contributed by atoms with Crippen molar-refractivity contribution in [2.24, 2.45) is 0 Å². The first-order valence-corrected chi connectivity index (χ1v) is 6.67. The van der Waals surface area contributed by atoms with E-state index in [-0.39, 0.29) is 5.76 Å². The zero-order chi connectivity index (χ0) is 15.0. The van der Waals surface area contributed by atoms with Crippen LogP contribution in [0.4, 0.5) is 10.1 Å². The smallest absolute Gasteiger partial charge is 0.291 e. The number of anilines is 1. The van der Waals surface area contributed by atoms with Crippen LogP contribution < -0.4 is 5.32 Å². The fourth-order valence-electron chi connectivity index (χ4n) is 2.04. The van der Waals surface area contributed by atoms with Gasteiger partial charge in [0.1, 0.15) is 11.4 Å². The van der Waals surface area contributed by atoms with Crippen LogP contribution in [0.1, 0.15) is 16.1 Å². The summed E-state index contributed by atoms with van der Waals surface area (Å²) in [7, 11) is 0. The number of fused-ring (bicyclic) bond motifs is 1. The number of aryl methyl sites for hydroxylation is 1. The summed E-state index contributed by atoms with van der Waals surface area (Å²) in [4.78, 5) is 12.2. The standard InChI is InChI=1S/C16H11ClFNO2/c1-9-2-4-12(18)8-13(9)19-16(20)15-7-10-6-11(17)3-5-14(10)21-15/h2-8H,1H3,(H,19,20). The minimum absolute atomic E-state index is 0.149. The minimum atomic E-state index is -0.434. The van der Waals surface area contributed by atoms with Crippen molar-refractivity contribution in [3.05, 3.63) is 64.6 Å². The van der Waals surface area contributed by atoms with Crippen molar-refractivity contribution < 1.29 is 13.6 Å². The topological polar surface area (TPSA) is 42.2 Å². The average molecular weight is 304 g/mol. The number of carbonyl (C=O) groups is 1. The Morgan fingerprint density at radius 3 is 2.81 bits per heavy atom. The lowest BCUT2D eigenvalue weighted by Crippen LogP contribution is -2.11. The van der Waals surface area contributed by atoms with E-state index in [2.05, 4.69) is 5.32 Å². The SMILES string of the molecule is Cc1ccc(F)cc1NC(=O)c1cc2cc(Cl)ccc2o1. The van der Waals surface area contributed by atoms with Gasteiger partial charge in [0.25, 0.3) is 5.91 Å². The zero-order valence-electron chi connectivity index (χ0n) is 11.1. The quantitative estimate of drug-likeness (QED) is 0.740. The van der Waals surface area contributed by atoms with Crippen LogP contribution in [0.25, 0.3) is 11.0 Å². The lowest BCUT2D eigenvalue weighted by Gasteiger charge is -2.06. The number of hydrogen-bond acceptors (Lipinski definition) is 2. The predicted molar refractivity (Wildman–Crippen MR) is 80.3 cm³/mol. The summed E-state index contributed by atoms with van der Waals surface area (Å²) in [6.45, 7) is 1.79. The van der Waals surface area contributed by atoms with Gasteiger partial charge in [-0.25, -0.2) is 4.39 Å². The van der Waals surface area contributed by atoms with E-state index in [9.17, 15) is 9.18 Å². The molecule has 2 aromatic carbocycles. The first kappa shape index (κ1) is 13.6. The number of hydrogen-bond donors (Lipinski definition) is 1. The molecule has 3 rings (SSSR count). The highest BCUT2D eigenvalue weighted by molar-refractivity contribution is 6.31. The zero-order valence-corrected chi connectivity index (χ0v) is 11.9. The molecule has 0 saturated heterocycles. The molecule has 3 nitrogen and oxygen atoms in total. The van der Waals surface area contributed by atoms with E-state index < -0.39 is 11.7 Å². The third-order valence-electron chi connectivity index (χ3n) is 3.15. The van der Waals surface area contributed by atoms with Crippen LogP contribution in [-0.2, 0) is 0 Å². The van der Waals surface area contributed by atoms with Crippen LogP contribution in [-0.4, -0.2) is 5.91 Å². The van der Waals surface area contributed by atoms with Gasteiger partial charge in [0, 0.05) is 16.1 Å². The number of rotatable bonds is 2. The molecule has 0 atom stereocenters. The Morgan fingerprint density at radius 2 is 2.00 bits per heavy atom. The highest BCUT2D eigenvalue weighted by atomic mass is 35.5. The number of amides is 1. The predicted octanol–water partition coefficient (Wildman–Crippen LogP) is 4.79. The molecule has 5 heteroatoms. The van der Waals surface area contributed by atoms with Crippen molar-refractivity contribution in [3.8, 4) is 0 Å². The Hall–Kier alpha value is -2.33. The molecule has 0 aliphatic rings. The van der Waals surface area contributed by atoms with Gasteiger partial charge in [0.15, 0.2) is 5.76 Å². The van der Waals surface area contributed by atoms with Gasteiger partial charge in [-0.15, -0.1) is 0 Å². The van der Waals surface area contributed by atoms with Gasteiger partial charge >= 0.3 is 0 Å². The largest absolute Gasteiger partial charge is 0.451 e. The summed E-state index contributed by atoms with van der Waals surface area (Å²) in [5.41, 5.74) is 1.75. The Bertz CT molecular complexity index is 841. The van der Waals surface area contributed by atoms with Crippen LogP contribution in [0, 0.1) is 12.7 Å². The van der Waals surface area contributed by atoms with Crippen molar-refractivity contribution in [1.82, 2.24) is 0 Å². The summed E-state index contributed by atoms with van der Waals surface area (Å²) in [6, 6.07) is 10.9. The molecular weight excluding hydrogens is 293 g/mol. The molecule has 1 amide bonds. The van der Waals surface area contributed by atoms with E-state index >= 15 is 0 Å². The van der Waals surface area contributed by atoms with Gasteiger partial charge in [0.05, 0.1) is 0 Å². The fourth-order valence-corrected chi connectivity index (χ4v) is 2.22. The average Bonchev–Trinajstić information content (AvgIpc) is 2.86. The van der Waals surface area contributed by atoms with Crippen molar-refractivity contribution in [3.63, 3.8) is 0 Å². The van der Waals surface area contributed by atoms with Crippen molar-refractivity contribution >= 4 is 34.2 Å². The number of halogens is 2. The lowest BCUT2D eigenvalue weighted by atomic mass is 10.2. The van der Waals surface area contributed by atoms with Gasteiger partial charge in [-0.05, 0) is 48.9 Å². The van der Waals surface area contributed by atoms with Gasteiger partial charge in [-0.3, -0.25) is 4.79 Å². The maximum atomic E-state index is 13.2. The fraction of sp³-hybridized carbons (Fsp3) is 0.0625. The Kier molecular flexibility index (Phi) is 3.39. The van der Waals surface area contributed by atoms with E-state index in [1.165, 1.54) is 12.1 Å². The Morgan fingerprint density at radius 1 is 1.19 bits per heavy atom. The minimum Gasteiger partial charge on any atom is -0.451 e. The maximum Gasteiger partial charge on any atom is 0.291 e. The molecule has 21 heavy (non-hydrogen) atoms. The van der Waals surface area contributed by atoms with Gasteiger partial charge < -0.3 is 9.73 Å². The van der Waals surface area contributed by atoms with Crippen LogP contribution in [0.5, 0.6) is 0 Å². The molecule has 106 valence electrons. The number of nitrogens with one attached hydrogen (secondary N) is 1. The molecule has 0 saturated carbocycles. The number of carbonyl (C=O) groups excluding carboxylic acids is 1. The molecule has 0 radical (unpaired) electrons. The maximum absolute atomic E-state index is 13.2. The molecular formula is C16H11ClFNO2. The van der Waals surface area contributed by atoms with Gasteiger partial charge in [0.2, 0.25) is 0 Å². The third-order valence-corrected chi connectivity index (χ3v) is 3.39. The summed E-state index contributed by atoms with van der Waals surface area (Å²) in [5.74, 6) is -0.695. The van der Waals surface area contributed by atoms with Gasteiger partial charge in [-0.1, -0.05) is 17.7 Å². The molecule has 0 unspecified atom stereocenters. The second-order valence-corrected chi connectivity index (χ2v) is 5.14. The van der Waals surface area contributed by atoms with Crippen LogP contribution in [0.2, 0.25) is 5.02 Å². The van der Waals surface area contributed by atoms with Crippen LogP contribution in [0.3, 0.4) is 0 Å². The van der Waals surface area contributed by atoms with Crippen molar-refractivity contribution in [2.45, 2.75) is 6.92 Å². The molecule has 0 aliphatic heterocycles. The lowest BCUT2D eigenvalue weighted by molar-refractivity contribution is 0.0998. The molecule has 0 bridgehead atoms. The van der Waals surface area contributed by atoms with Crippen LogP contribution in [0.15, 0.2) is 46.9 Å². The van der Waals surface area contributed by atoms with E-state index in [0.29, 0.717) is 16.3 Å². The molecule has 1 N–H and O–H groups in total. The van der Waals surface area contributed by atoms with Crippen molar-refractivity contribution in [2.75, 3.05) is 5.32 Å². The molecule has 1 aromatic heterocycles. The molecule has 3 aromatic rings. The summed E-state index contributed by atoms with van der Waals surface area (Å²) >= 11 is 5.89. The first-order valence-electron chi connectivity index (χ1n) is 6.29. The Labute approximate surface area is 125 Å². The highest BCUT2D eigenvalue weighted by Crippen LogP contribution is 2.24. The molecule has 1 heterocycles. The molecule has 0 fully saturated rings. The second kappa shape index (κ2) is 5.22. The van der Waals surface area contributed by atoms with Gasteiger partial charge in [-0.2, -0.15) is 0 Å². The number of furan rings is 1. The summed E-state index contributed by atoms with van der Waals surface area (Å²) in [6.07, 6.45) is 0. The summed E-state index contributed by atoms with van der Waals surface area (Å²) < 4.78 is 18.7. The molecule has 0 aliphatic carbocycles. The molecule has 0 spiro atoms. The second-order valence-electron chi connectivity index (χ2n) is 4.71. The monoisotopic (exact) mass is 303 g/mol. The van der Waals surface area contributed by atoms with E-state index in [0.717, 1.165) is 10.9 Å². The summed E-state index contributed by atoms with van der Waals surface area (Å²) in [5, 5.41) is 3.94. The van der Waals surface area contributed by atoms with E-state index in [1.807, 2.05) is 0 Å². The van der Waals surface area contributed by atoms with Crippen LogP contribution >= 0.6 is 11.6 Å². The highest BCUT2D eigenvalue weighted by Gasteiger charge is 2.14. The van der Waals surface area contributed by atoms with E-state index in [1.54, 1.807) is 37.3 Å².